The number of carbonyl (C=O) groups excluding carboxylic acids is 3. The molecule has 0 rings (SSSR count). The first-order valence-corrected chi connectivity index (χ1v) is 33.9. The van der Waals surface area contributed by atoms with Gasteiger partial charge in [-0.3, -0.25) is 32.5 Å². The van der Waals surface area contributed by atoms with Crippen molar-refractivity contribution in [3.8, 4) is 0 Å². The molecular formula is C61H112O16P2. The fourth-order valence-corrected chi connectivity index (χ4v) is 9.86. The van der Waals surface area contributed by atoms with Crippen molar-refractivity contribution in [2.45, 2.75) is 283 Å². The van der Waals surface area contributed by atoms with Gasteiger partial charge in [0.25, 0.3) is 0 Å². The standard InChI is InChI=1S/C61H112O16P2/c1-4-7-10-13-16-19-22-24-26-27-29-31-33-35-38-41-44-47-59(64)71-50-56(62)51-73-78(67,68)74-52-57(63)53-75-79(69,70)76-55-58(77-61(66)49-46-43-40-37-32-21-18-15-12-9-6-3)54-72-60(65)48-45-42-39-36-34-30-28-25-23-20-17-14-11-8-5-2/h7,10,15-16,18-19,24,26,56-58,62-63H,4-6,8-9,11-14,17,20-23,25,27-55H2,1-3H3,(H,67,68)(H,69,70)/b10-7-,18-15-,19-16-,26-24-. The van der Waals surface area contributed by atoms with Crippen LogP contribution in [0, 0.1) is 0 Å². The van der Waals surface area contributed by atoms with Crippen molar-refractivity contribution in [3.05, 3.63) is 48.6 Å². The summed E-state index contributed by atoms with van der Waals surface area (Å²) >= 11 is 0. The summed E-state index contributed by atoms with van der Waals surface area (Å²) in [4.78, 5) is 58.1. The molecule has 0 saturated carbocycles. The van der Waals surface area contributed by atoms with Crippen molar-refractivity contribution < 1.29 is 75.8 Å². The van der Waals surface area contributed by atoms with E-state index in [2.05, 4.69) is 69.4 Å². The fourth-order valence-electron chi connectivity index (χ4n) is 8.27. The molecule has 0 fully saturated rings. The number of aliphatic hydroxyl groups excluding tert-OH is 2. The first-order chi connectivity index (χ1) is 38.2. The summed E-state index contributed by atoms with van der Waals surface area (Å²) in [6, 6.07) is 0. The summed E-state index contributed by atoms with van der Waals surface area (Å²) in [6.07, 6.45) is 51.8. The number of esters is 3. The minimum absolute atomic E-state index is 0.0988. The minimum atomic E-state index is -4.91. The van der Waals surface area contributed by atoms with Crippen LogP contribution in [-0.4, -0.2) is 95.9 Å². The quantitative estimate of drug-likeness (QED) is 0.0146. The highest BCUT2D eigenvalue weighted by Gasteiger charge is 2.29. The van der Waals surface area contributed by atoms with E-state index in [1.807, 2.05) is 0 Å². The molecule has 0 amide bonds. The highest BCUT2D eigenvalue weighted by Crippen LogP contribution is 2.45. The maximum absolute atomic E-state index is 12.8. The smallest absolute Gasteiger partial charge is 0.463 e. The third-order valence-electron chi connectivity index (χ3n) is 13.0. The van der Waals surface area contributed by atoms with Gasteiger partial charge in [-0.25, -0.2) is 9.13 Å². The molecule has 462 valence electrons. The summed E-state index contributed by atoms with van der Waals surface area (Å²) in [5, 5.41) is 20.5. The molecule has 5 unspecified atom stereocenters. The van der Waals surface area contributed by atoms with Crippen molar-refractivity contribution in [2.75, 3.05) is 39.6 Å². The molecule has 0 spiro atoms. The van der Waals surface area contributed by atoms with E-state index in [1.54, 1.807) is 0 Å². The van der Waals surface area contributed by atoms with Gasteiger partial charge < -0.3 is 34.2 Å². The van der Waals surface area contributed by atoms with Gasteiger partial charge in [0.15, 0.2) is 6.10 Å². The lowest BCUT2D eigenvalue weighted by Crippen LogP contribution is -2.30. The molecule has 16 nitrogen and oxygen atoms in total. The van der Waals surface area contributed by atoms with Crippen LogP contribution in [0.4, 0.5) is 0 Å². The van der Waals surface area contributed by atoms with E-state index in [9.17, 15) is 43.5 Å². The summed E-state index contributed by atoms with van der Waals surface area (Å²) in [5.74, 6) is -1.58. The van der Waals surface area contributed by atoms with Gasteiger partial charge in [0.2, 0.25) is 0 Å². The van der Waals surface area contributed by atoms with Gasteiger partial charge in [0.05, 0.1) is 26.4 Å². The number of aliphatic hydroxyl groups is 2. The first kappa shape index (κ1) is 76.5. The van der Waals surface area contributed by atoms with Crippen LogP contribution in [-0.2, 0) is 55.8 Å². The summed E-state index contributed by atoms with van der Waals surface area (Å²) in [7, 11) is -9.75. The molecule has 0 aliphatic rings. The fraction of sp³-hybridized carbons (Fsp3) is 0.820. The molecule has 0 saturated heterocycles. The molecule has 0 aromatic rings. The van der Waals surface area contributed by atoms with E-state index >= 15 is 0 Å². The Labute approximate surface area is 478 Å². The number of carbonyl (C=O) groups is 3. The lowest BCUT2D eigenvalue weighted by Gasteiger charge is -2.21. The summed E-state index contributed by atoms with van der Waals surface area (Å²) < 4.78 is 60.6. The Morgan fingerprint density at radius 3 is 1.11 bits per heavy atom. The van der Waals surface area contributed by atoms with Crippen LogP contribution in [0.2, 0.25) is 0 Å². The van der Waals surface area contributed by atoms with E-state index < -0.39 is 91.5 Å². The van der Waals surface area contributed by atoms with Crippen LogP contribution >= 0.6 is 15.6 Å². The molecule has 0 heterocycles. The Bertz CT molecular complexity index is 1650. The average Bonchev–Trinajstić information content (AvgIpc) is 3.42. The Balaban J connectivity index is 4.61. The van der Waals surface area contributed by atoms with Crippen molar-refractivity contribution in [3.63, 3.8) is 0 Å². The second-order valence-corrected chi connectivity index (χ2v) is 23.7. The molecule has 4 N–H and O–H groups in total. The van der Waals surface area contributed by atoms with Gasteiger partial charge in [-0.2, -0.15) is 0 Å². The van der Waals surface area contributed by atoms with Gasteiger partial charge in [-0.15, -0.1) is 0 Å². The number of rotatable bonds is 59. The predicted molar refractivity (Wildman–Crippen MR) is 316 cm³/mol. The topological polar surface area (TPSA) is 231 Å². The number of hydrogen-bond acceptors (Lipinski definition) is 14. The third kappa shape index (κ3) is 57.1. The van der Waals surface area contributed by atoms with E-state index in [0.717, 1.165) is 122 Å². The second-order valence-electron chi connectivity index (χ2n) is 20.8. The lowest BCUT2D eigenvalue weighted by atomic mass is 10.0. The van der Waals surface area contributed by atoms with Crippen molar-refractivity contribution in [1.29, 1.82) is 0 Å². The van der Waals surface area contributed by atoms with Gasteiger partial charge in [-0.1, -0.05) is 223 Å². The number of hydrogen-bond donors (Lipinski definition) is 4. The van der Waals surface area contributed by atoms with Gasteiger partial charge >= 0.3 is 33.6 Å². The SMILES string of the molecule is CC/C=C\C/C=C\C/C=C\CCCCCCCCCC(=O)OCC(O)COP(=O)(O)OCC(O)COP(=O)(O)OCC(COC(=O)CCCCCCCCCCCCCCCCC)OC(=O)CCCCCCC/C=C\CCCC. The normalized spacial score (nSPS) is 14.8. The van der Waals surface area contributed by atoms with Crippen LogP contribution in [0.15, 0.2) is 48.6 Å². The van der Waals surface area contributed by atoms with Crippen molar-refractivity contribution >= 4 is 33.6 Å². The Morgan fingerprint density at radius 1 is 0.367 bits per heavy atom. The summed E-state index contributed by atoms with van der Waals surface area (Å²) in [6.45, 7) is 2.51. The zero-order chi connectivity index (χ0) is 58.2. The van der Waals surface area contributed by atoms with Crippen LogP contribution < -0.4 is 0 Å². The number of phosphoric acid groups is 2. The molecule has 0 radical (unpaired) electrons. The van der Waals surface area contributed by atoms with E-state index in [1.165, 1.54) is 83.5 Å². The van der Waals surface area contributed by atoms with Crippen LogP contribution in [0.1, 0.15) is 265 Å². The zero-order valence-corrected chi connectivity index (χ0v) is 51.3. The van der Waals surface area contributed by atoms with Crippen LogP contribution in [0.3, 0.4) is 0 Å². The minimum Gasteiger partial charge on any atom is -0.463 e. The van der Waals surface area contributed by atoms with Gasteiger partial charge in [-0.05, 0) is 70.6 Å². The zero-order valence-electron chi connectivity index (χ0n) is 49.5. The number of phosphoric ester groups is 2. The average molecular weight is 1160 g/mol. The number of allylic oxidation sites excluding steroid dienone is 8. The van der Waals surface area contributed by atoms with E-state index in [-0.39, 0.29) is 19.3 Å². The Morgan fingerprint density at radius 2 is 0.684 bits per heavy atom. The van der Waals surface area contributed by atoms with Gasteiger partial charge in [0, 0.05) is 19.3 Å². The number of unbranched alkanes of at least 4 members (excludes halogenated alkanes) is 28. The van der Waals surface area contributed by atoms with Crippen LogP contribution in [0.25, 0.3) is 0 Å². The Kier molecular flexibility index (Phi) is 54.2. The molecule has 0 aromatic heterocycles. The maximum Gasteiger partial charge on any atom is 0.472 e. The maximum atomic E-state index is 12.8. The largest absolute Gasteiger partial charge is 0.472 e. The molecular weight excluding hydrogens is 1050 g/mol. The second kappa shape index (κ2) is 56.0. The third-order valence-corrected chi connectivity index (χ3v) is 14.9. The first-order valence-electron chi connectivity index (χ1n) is 30.9. The predicted octanol–water partition coefficient (Wildman–Crippen LogP) is 16.1. The summed E-state index contributed by atoms with van der Waals surface area (Å²) in [5.41, 5.74) is 0. The molecule has 0 aliphatic carbocycles. The van der Waals surface area contributed by atoms with E-state index in [0.29, 0.717) is 19.3 Å². The highest BCUT2D eigenvalue weighted by atomic mass is 31.2. The van der Waals surface area contributed by atoms with Crippen LogP contribution in [0.5, 0.6) is 0 Å². The van der Waals surface area contributed by atoms with Crippen molar-refractivity contribution in [1.82, 2.24) is 0 Å². The van der Waals surface area contributed by atoms with Gasteiger partial charge in [0.1, 0.15) is 25.4 Å². The monoisotopic (exact) mass is 1160 g/mol. The Hall–Kier alpha value is -2.49. The lowest BCUT2D eigenvalue weighted by molar-refractivity contribution is -0.161. The molecule has 5 atom stereocenters. The molecule has 0 aliphatic heterocycles. The van der Waals surface area contributed by atoms with E-state index in [4.69, 9.17) is 32.3 Å². The molecule has 79 heavy (non-hydrogen) atoms. The molecule has 18 heteroatoms. The molecule has 0 bridgehead atoms. The molecule has 0 aromatic carbocycles. The highest BCUT2D eigenvalue weighted by molar-refractivity contribution is 7.47. The van der Waals surface area contributed by atoms with Crippen molar-refractivity contribution in [2.24, 2.45) is 0 Å². The number of ether oxygens (including phenoxy) is 3.